The molecule has 6 N–H and O–H groups in total. The number of nitrogens with one attached hydrogen (secondary N) is 5. The van der Waals surface area contributed by atoms with Crippen LogP contribution in [0.4, 0.5) is 17.2 Å². The Morgan fingerprint density at radius 2 is 1.62 bits per heavy atom. The van der Waals surface area contributed by atoms with E-state index in [1.807, 2.05) is 30.3 Å². The highest BCUT2D eigenvalue weighted by Crippen LogP contribution is 2.37. The number of benzene rings is 4. The van der Waals surface area contributed by atoms with Gasteiger partial charge in [0.15, 0.2) is 16.7 Å². The highest BCUT2D eigenvalue weighted by atomic mass is 32.2. The normalized spacial score (nSPS) is 10.5. The van der Waals surface area contributed by atoms with Crippen LogP contribution < -0.4 is 16.2 Å². The summed E-state index contributed by atoms with van der Waals surface area (Å²) in [6.07, 6.45) is 1.30. The third-order valence-corrected chi connectivity index (χ3v) is 6.73. The summed E-state index contributed by atoms with van der Waals surface area (Å²) in [4.78, 5) is 13.1. The number of amides is 1. The Hall–Kier alpha value is -5.60. The van der Waals surface area contributed by atoms with Crippen LogP contribution in [0.1, 0.15) is 21.5 Å². The van der Waals surface area contributed by atoms with E-state index in [4.69, 9.17) is 10.8 Å². The Bertz CT molecular complexity index is 1780. The number of aromatic nitrogens is 2. The second-order valence-electron chi connectivity index (χ2n) is 8.47. The number of rotatable bonds is 6. The molecule has 0 spiro atoms. The summed E-state index contributed by atoms with van der Waals surface area (Å²) in [6, 6.07) is 28.7. The minimum atomic E-state index is -0.502. The number of para-hydroxylation sites is 1. The maximum absolute atomic E-state index is 13.1. The Kier molecular flexibility index (Phi) is 7.43. The zero-order chi connectivity index (χ0) is 28.1. The lowest BCUT2D eigenvalue weighted by Crippen LogP contribution is -2.20. The molecule has 0 saturated carbocycles. The number of thioether (sulfide) groups is 1. The largest absolute Gasteiger partial charge is 0.505 e. The lowest BCUT2D eigenvalue weighted by Gasteiger charge is -2.17. The SMILES string of the molecule is N#Cc1cnn(C(=N)SC(=N)c2ccccc2)c1NNc1c(O)c(C(=O)Nc2ccccc2)cc2ccccc12. The van der Waals surface area contributed by atoms with Gasteiger partial charge in [-0.05, 0) is 35.3 Å². The quantitative estimate of drug-likeness (QED) is 0.0674. The third-order valence-electron chi connectivity index (χ3n) is 5.92. The minimum Gasteiger partial charge on any atom is -0.505 e. The Labute approximate surface area is 233 Å². The van der Waals surface area contributed by atoms with E-state index in [2.05, 4.69) is 21.3 Å². The first-order valence-corrected chi connectivity index (χ1v) is 12.8. The fraction of sp³-hybridized carbons (Fsp3) is 0. The molecule has 0 aliphatic heterocycles. The molecular formula is C29H22N8O2S. The molecular weight excluding hydrogens is 524 g/mol. The van der Waals surface area contributed by atoms with Crippen molar-refractivity contribution in [2.24, 2.45) is 0 Å². The number of hydrazine groups is 1. The summed E-state index contributed by atoms with van der Waals surface area (Å²) in [5, 5.41) is 46.0. The van der Waals surface area contributed by atoms with E-state index in [0.29, 0.717) is 22.0 Å². The van der Waals surface area contributed by atoms with Crippen LogP contribution >= 0.6 is 11.8 Å². The molecule has 5 aromatic rings. The molecule has 0 radical (unpaired) electrons. The molecule has 0 atom stereocenters. The first-order chi connectivity index (χ1) is 19.5. The van der Waals surface area contributed by atoms with Crippen molar-refractivity contribution in [3.63, 3.8) is 0 Å². The predicted molar refractivity (Wildman–Crippen MR) is 158 cm³/mol. The van der Waals surface area contributed by atoms with Crippen molar-refractivity contribution in [1.29, 1.82) is 16.1 Å². The molecule has 4 aromatic carbocycles. The van der Waals surface area contributed by atoms with Crippen molar-refractivity contribution in [3.8, 4) is 11.8 Å². The number of nitrogens with zero attached hydrogens (tertiary/aromatic N) is 3. The molecule has 10 nitrogen and oxygen atoms in total. The van der Waals surface area contributed by atoms with Gasteiger partial charge in [0, 0.05) is 16.6 Å². The summed E-state index contributed by atoms with van der Waals surface area (Å²) in [7, 11) is 0. The first kappa shape index (κ1) is 26.0. The number of anilines is 3. The van der Waals surface area contributed by atoms with Gasteiger partial charge in [-0.15, -0.1) is 0 Å². The van der Waals surface area contributed by atoms with Gasteiger partial charge in [-0.25, -0.2) is 0 Å². The van der Waals surface area contributed by atoms with Crippen LogP contribution in [0.15, 0.2) is 97.2 Å². The molecule has 0 aliphatic rings. The maximum Gasteiger partial charge on any atom is 0.259 e. The van der Waals surface area contributed by atoms with Crippen molar-refractivity contribution < 1.29 is 9.90 Å². The van der Waals surface area contributed by atoms with Crippen molar-refractivity contribution in [1.82, 2.24) is 9.78 Å². The Balaban J connectivity index is 1.45. The maximum atomic E-state index is 13.1. The monoisotopic (exact) mass is 546 g/mol. The lowest BCUT2D eigenvalue weighted by molar-refractivity contribution is 0.102. The second kappa shape index (κ2) is 11.4. The van der Waals surface area contributed by atoms with E-state index in [-0.39, 0.29) is 38.6 Å². The van der Waals surface area contributed by atoms with Crippen LogP contribution in [0.3, 0.4) is 0 Å². The molecule has 1 heterocycles. The average Bonchev–Trinajstić information content (AvgIpc) is 3.40. The van der Waals surface area contributed by atoms with Crippen LogP contribution in [0.25, 0.3) is 10.8 Å². The first-order valence-electron chi connectivity index (χ1n) is 12.0. The van der Waals surface area contributed by atoms with Gasteiger partial charge in [-0.2, -0.15) is 15.0 Å². The van der Waals surface area contributed by atoms with E-state index in [9.17, 15) is 15.2 Å². The fourth-order valence-corrected chi connectivity index (χ4v) is 4.64. The van der Waals surface area contributed by atoms with Crippen molar-refractivity contribution in [3.05, 3.63) is 114 Å². The number of phenols is 1. The molecule has 0 bridgehead atoms. The minimum absolute atomic E-state index is 0.0421. The summed E-state index contributed by atoms with van der Waals surface area (Å²) >= 11 is 0.866. The Morgan fingerprint density at radius 1 is 0.950 bits per heavy atom. The fourth-order valence-electron chi connectivity index (χ4n) is 3.97. The van der Waals surface area contributed by atoms with E-state index in [1.165, 1.54) is 10.9 Å². The van der Waals surface area contributed by atoms with Gasteiger partial charge >= 0.3 is 0 Å². The Morgan fingerprint density at radius 3 is 2.35 bits per heavy atom. The summed E-state index contributed by atoms with van der Waals surface area (Å²) < 4.78 is 1.18. The predicted octanol–water partition coefficient (Wildman–Crippen LogP) is 5.85. The van der Waals surface area contributed by atoms with Crippen LogP contribution in [-0.4, -0.2) is 31.0 Å². The highest BCUT2D eigenvalue weighted by molar-refractivity contribution is 8.26. The van der Waals surface area contributed by atoms with Crippen molar-refractivity contribution >= 4 is 55.8 Å². The van der Waals surface area contributed by atoms with E-state index in [0.717, 1.165) is 11.8 Å². The van der Waals surface area contributed by atoms with Gasteiger partial charge in [0.2, 0.25) is 0 Å². The molecule has 0 fully saturated rings. The molecule has 1 aromatic heterocycles. The number of aromatic hydroxyl groups is 1. The van der Waals surface area contributed by atoms with Gasteiger partial charge in [0.25, 0.3) is 5.91 Å². The van der Waals surface area contributed by atoms with E-state index < -0.39 is 5.91 Å². The van der Waals surface area contributed by atoms with Crippen LogP contribution in [0, 0.1) is 22.1 Å². The van der Waals surface area contributed by atoms with Gasteiger partial charge in [-0.1, -0.05) is 72.8 Å². The van der Waals surface area contributed by atoms with Gasteiger partial charge in [-0.3, -0.25) is 26.5 Å². The molecule has 1 amide bonds. The third kappa shape index (κ3) is 5.33. The van der Waals surface area contributed by atoms with Crippen molar-refractivity contribution in [2.75, 3.05) is 16.2 Å². The molecule has 40 heavy (non-hydrogen) atoms. The number of carbonyl (C=O) groups is 1. The summed E-state index contributed by atoms with van der Waals surface area (Å²) in [6.45, 7) is 0. The smallest absolute Gasteiger partial charge is 0.259 e. The standard InChI is InChI=1S/C29H22N8O2S/c30-16-20-17-33-37(29(32)40-26(31)18-9-3-1-4-10-18)27(20)36-35-24-22-14-8-7-11-19(22)15-23(25(24)38)28(39)34-21-12-5-2-6-13-21/h1-15,17,31-32,35-36,38H,(H,34,39). The number of hydrogen-bond donors (Lipinski definition) is 6. The molecule has 196 valence electrons. The van der Waals surface area contributed by atoms with Crippen LogP contribution in [0.2, 0.25) is 0 Å². The number of fused-ring (bicyclic) bond motifs is 1. The van der Waals surface area contributed by atoms with Gasteiger partial charge in [0.05, 0.1) is 11.8 Å². The number of phenolic OH excluding ortho intramolecular Hbond substituents is 1. The van der Waals surface area contributed by atoms with Crippen LogP contribution in [0.5, 0.6) is 5.75 Å². The van der Waals surface area contributed by atoms with Gasteiger partial charge in [0.1, 0.15) is 22.4 Å². The highest BCUT2D eigenvalue weighted by Gasteiger charge is 2.21. The molecule has 5 rings (SSSR count). The average molecular weight is 547 g/mol. The summed E-state index contributed by atoms with van der Waals surface area (Å²) in [5.74, 6) is -0.680. The van der Waals surface area contributed by atoms with Crippen molar-refractivity contribution in [2.45, 2.75) is 0 Å². The molecule has 0 unspecified atom stereocenters. The molecule has 11 heteroatoms. The van der Waals surface area contributed by atoms with Crippen LogP contribution in [-0.2, 0) is 0 Å². The molecule has 0 saturated heterocycles. The number of nitriles is 1. The second-order valence-corrected chi connectivity index (χ2v) is 9.47. The molecule has 0 aliphatic carbocycles. The number of hydrogen-bond acceptors (Lipinski definition) is 9. The zero-order valence-electron chi connectivity index (χ0n) is 20.8. The topological polar surface area (TPSA) is 163 Å². The lowest BCUT2D eigenvalue weighted by atomic mass is 10.0. The zero-order valence-corrected chi connectivity index (χ0v) is 21.7. The van der Waals surface area contributed by atoms with E-state index >= 15 is 0 Å². The van der Waals surface area contributed by atoms with E-state index in [1.54, 1.807) is 66.7 Å². The number of carbonyl (C=O) groups excluding carboxylic acids is 1. The summed E-state index contributed by atoms with van der Waals surface area (Å²) in [5.41, 5.74) is 7.39. The van der Waals surface area contributed by atoms with Gasteiger partial charge < -0.3 is 10.4 Å².